The van der Waals surface area contributed by atoms with Crippen LogP contribution in [-0.4, -0.2) is 31.1 Å². The van der Waals surface area contributed by atoms with Crippen molar-refractivity contribution in [3.63, 3.8) is 0 Å². The standard InChI is InChI=1S/C18H16Cl2FN5O6/c1-7(2)8-4-12(23-25(3)16(8)27)31-15-9(19)5-10(14(21)13(15)20)26(18(29)30)6-11-22-17(28)32-24-11/h4-5,7H,6H2,1-3H3,(H,29,30)(H,22,24,28). The molecule has 1 aromatic carbocycles. The van der Waals surface area contributed by atoms with Crippen LogP contribution in [0.5, 0.6) is 11.6 Å². The predicted octanol–water partition coefficient (Wildman–Crippen LogP) is 3.50. The minimum Gasteiger partial charge on any atom is -0.465 e. The Morgan fingerprint density at radius 1 is 1.38 bits per heavy atom. The molecule has 0 saturated carbocycles. The highest BCUT2D eigenvalue weighted by Crippen LogP contribution is 2.42. The van der Waals surface area contributed by atoms with E-state index in [0.29, 0.717) is 10.5 Å². The highest BCUT2D eigenvalue weighted by atomic mass is 35.5. The molecule has 0 fully saturated rings. The number of aromatic nitrogens is 4. The van der Waals surface area contributed by atoms with Gasteiger partial charge in [-0.25, -0.2) is 18.7 Å². The average Bonchev–Trinajstić information content (AvgIpc) is 3.13. The van der Waals surface area contributed by atoms with Crippen molar-refractivity contribution < 1.29 is 23.6 Å². The molecule has 0 aliphatic carbocycles. The van der Waals surface area contributed by atoms with Gasteiger partial charge in [0.25, 0.3) is 5.56 Å². The minimum absolute atomic E-state index is 0.0676. The van der Waals surface area contributed by atoms with E-state index in [9.17, 15) is 19.5 Å². The first-order chi connectivity index (χ1) is 15.0. The minimum atomic E-state index is -1.57. The maximum Gasteiger partial charge on any atom is 0.438 e. The van der Waals surface area contributed by atoms with E-state index >= 15 is 4.39 Å². The van der Waals surface area contributed by atoms with Crippen LogP contribution in [0.3, 0.4) is 0 Å². The summed E-state index contributed by atoms with van der Waals surface area (Å²) in [5.41, 5.74) is -0.436. The fourth-order valence-electron chi connectivity index (χ4n) is 2.76. The summed E-state index contributed by atoms with van der Waals surface area (Å²) in [6.07, 6.45) is -1.57. The SMILES string of the molecule is CC(C)c1cc(Oc2c(Cl)cc(N(Cc3noc(=O)[nH]3)C(=O)O)c(F)c2Cl)nn(C)c1=O. The molecule has 0 bridgehead atoms. The van der Waals surface area contributed by atoms with Crippen molar-refractivity contribution >= 4 is 35.0 Å². The molecular weight excluding hydrogens is 472 g/mol. The summed E-state index contributed by atoms with van der Waals surface area (Å²) in [6.45, 7) is 3.06. The number of hydrogen-bond donors (Lipinski definition) is 2. The van der Waals surface area contributed by atoms with Crippen molar-refractivity contribution in [2.75, 3.05) is 4.90 Å². The second-order valence-corrected chi connectivity index (χ2v) is 7.65. The fourth-order valence-corrected chi connectivity index (χ4v) is 3.28. The Morgan fingerprint density at radius 2 is 2.06 bits per heavy atom. The first-order valence-corrected chi connectivity index (χ1v) is 9.74. The number of amides is 1. The number of carbonyl (C=O) groups is 1. The second-order valence-electron chi connectivity index (χ2n) is 6.87. The van der Waals surface area contributed by atoms with E-state index in [-0.39, 0.29) is 34.0 Å². The van der Waals surface area contributed by atoms with Crippen LogP contribution < -0.4 is 21.0 Å². The van der Waals surface area contributed by atoms with Crippen molar-refractivity contribution in [2.24, 2.45) is 7.05 Å². The lowest BCUT2D eigenvalue weighted by molar-refractivity contribution is 0.201. The molecular formula is C18H16Cl2FN5O6. The van der Waals surface area contributed by atoms with Gasteiger partial charge < -0.3 is 9.84 Å². The Morgan fingerprint density at radius 3 is 2.62 bits per heavy atom. The van der Waals surface area contributed by atoms with Crippen molar-refractivity contribution in [1.82, 2.24) is 19.9 Å². The number of ether oxygens (including phenoxy) is 1. The van der Waals surface area contributed by atoms with E-state index in [1.165, 1.54) is 13.1 Å². The molecule has 0 radical (unpaired) electrons. The topological polar surface area (TPSA) is 144 Å². The molecule has 14 heteroatoms. The lowest BCUT2D eigenvalue weighted by atomic mass is 10.1. The number of carboxylic acid groups (broad SMARTS) is 1. The quantitative estimate of drug-likeness (QED) is 0.502. The third-order valence-electron chi connectivity index (χ3n) is 4.31. The number of benzene rings is 1. The molecule has 170 valence electrons. The summed E-state index contributed by atoms with van der Waals surface area (Å²) < 4.78 is 26.0. The Labute approximate surface area is 188 Å². The van der Waals surface area contributed by atoms with Crippen LogP contribution in [0.15, 0.2) is 26.2 Å². The molecule has 32 heavy (non-hydrogen) atoms. The smallest absolute Gasteiger partial charge is 0.438 e. The number of aryl methyl sites for hydroxylation is 1. The molecule has 0 aliphatic heterocycles. The van der Waals surface area contributed by atoms with Crippen LogP contribution >= 0.6 is 23.2 Å². The summed E-state index contributed by atoms with van der Waals surface area (Å²) >= 11 is 12.3. The molecule has 1 amide bonds. The molecule has 3 rings (SSSR count). The molecule has 2 N–H and O–H groups in total. The van der Waals surface area contributed by atoms with Gasteiger partial charge in [0, 0.05) is 18.7 Å². The summed E-state index contributed by atoms with van der Waals surface area (Å²) in [7, 11) is 1.42. The summed E-state index contributed by atoms with van der Waals surface area (Å²) in [6, 6.07) is 2.37. The van der Waals surface area contributed by atoms with Gasteiger partial charge in [-0.2, -0.15) is 0 Å². The van der Waals surface area contributed by atoms with Gasteiger partial charge in [-0.3, -0.25) is 19.2 Å². The third kappa shape index (κ3) is 4.60. The van der Waals surface area contributed by atoms with Gasteiger partial charge >= 0.3 is 11.8 Å². The van der Waals surface area contributed by atoms with Crippen LogP contribution in [0.2, 0.25) is 10.0 Å². The van der Waals surface area contributed by atoms with Gasteiger partial charge in [0.1, 0.15) is 5.02 Å². The number of H-pyrrole nitrogens is 1. The molecule has 2 heterocycles. The van der Waals surface area contributed by atoms with Crippen molar-refractivity contribution in [1.29, 1.82) is 0 Å². The Bertz CT molecular complexity index is 1300. The van der Waals surface area contributed by atoms with Gasteiger partial charge in [-0.1, -0.05) is 42.2 Å². The normalized spacial score (nSPS) is 11.1. The van der Waals surface area contributed by atoms with E-state index < -0.39 is 34.9 Å². The lowest BCUT2D eigenvalue weighted by Crippen LogP contribution is -2.30. The van der Waals surface area contributed by atoms with Crippen molar-refractivity contribution in [3.8, 4) is 11.6 Å². The van der Waals surface area contributed by atoms with Crippen LogP contribution in [0, 0.1) is 5.82 Å². The monoisotopic (exact) mass is 487 g/mol. The fraction of sp³-hybridized carbons (Fsp3) is 0.278. The van der Waals surface area contributed by atoms with Crippen LogP contribution in [0.1, 0.15) is 31.2 Å². The van der Waals surface area contributed by atoms with Gasteiger partial charge in [0.05, 0.1) is 17.3 Å². The molecule has 0 spiro atoms. The first-order valence-electron chi connectivity index (χ1n) is 8.98. The number of halogens is 3. The largest absolute Gasteiger partial charge is 0.465 e. The zero-order valence-electron chi connectivity index (χ0n) is 16.9. The highest BCUT2D eigenvalue weighted by Gasteiger charge is 2.27. The van der Waals surface area contributed by atoms with E-state index in [1.54, 1.807) is 13.8 Å². The Kier molecular flexibility index (Phi) is 6.55. The molecule has 3 aromatic rings. The first kappa shape index (κ1) is 23.3. The van der Waals surface area contributed by atoms with Crippen LogP contribution in [0.25, 0.3) is 0 Å². The Balaban J connectivity index is 2.03. The molecule has 2 aromatic heterocycles. The predicted molar refractivity (Wildman–Crippen MR) is 111 cm³/mol. The number of rotatable bonds is 6. The van der Waals surface area contributed by atoms with Crippen LogP contribution in [0.4, 0.5) is 14.9 Å². The lowest BCUT2D eigenvalue weighted by Gasteiger charge is -2.20. The average molecular weight is 488 g/mol. The van der Waals surface area contributed by atoms with Gasteiger partial charge in [-0.05, 0) is 12.0 Å². The van der Waals surface area contributed by atoms with Crippen molar-refractivity contribution in [3.05, 3.63) is 60.3 Å². The van der Waals surface area contributed by atoms with Gasteiger partial charge in [0.2, 0.25) is 5.88 Å². The van der Waals surface area contributed by atoms with Crippen LogP contribution in [-0.2, 0) is 13.6 Å². The molecule has 0 atom stereocenters. The zero-order valence-corrected chi connectivity index (χ0v) is 18.4. The second kappa shape index (κ2) is 9.01. The van der Waals surface area contributed by atoms with Gasteiger partial charge in [0.15, 0.2) is 17.4 Å². The molecule has 0 aliphatic rings. The van der Waals surface area contributed by atoms with E-state index in [4.69, 9.17) is 27.9 Å². The van der Waals surface area contributed by atoms with E-state index in [1.807, 2.05) is 0 Å². The number of anilines is 1. The molecule has 0 unspecified atom stereocenters. The highest BCUT2D eigenvalue weighted by molar-refractivity contribution is 6.37. The zero-order chi connectivity index (χ0) is 23.7. The summed E-state index contributed by atoms with van der Waals surface area (Å²) in [5, 5.41) is 16.0. The number of hydrogen-bond acceptors (Lipinski definition) is 7. The van der Waals surface area contributed by atoms with Gasteiger partial charge in [-0.15, -0.1) is 5.10 Å². The Hall–Kier alpha value is -3.38. The maximum atomic E-state index is 15.0. The molecule has 0 saturated heterocycles. The third-order valence-corrected chi connectivity index (χ3v) is 4.93. The number of nitrogens with zero attached hydrogens (tertiary/aromatic N) is 4. The van der Waals surface area contributed by atoms with Crippen molar-refractivity contribution in [2.45, 2.75) is 26.3 Å². The number of nitrogens with one attached hydrogen (secondary N) is 1. The number of aromatic amines is 1. The maximum absolute atomic E-state index is 15.0. The van der Waals surface area contributed by atoms with E-state index in [0.717, 1.165) is 10.7 Å². The molecule has 11 nitrogen and oxygen atoms in total. The summed E-state index contributed by atoms with van der Waals surface area (Å²) in [4.78, 5) is 37.6. The van der Waals surface area contributed by atoms with E-state index in [2.05, 4.69) is 19.8 Å². The summed E-state index contributed by atoms with van der Waals surface area (Å²) in [5.74, 6) is -2.77.